The Balaban J connectivity index is 2.50. The lowest BCUT2D eigenvalue weighted by molar-refractivity contribution is -0.124. The molecule has 1 amide bonds. The topological polar surface area (TPSA) is 50.4 Å². The van der Waals surface area contributed by atoms with Crippen LogP contribution in [-0.2, 0) is 11.2 Å². The normalized spacial score (nSPS) is 13.6. The number of para-hydroxylation sites is 1. The lowest BCUT2D eigenvalue weighted by atomic mass is 10.0. The maximum Gasteiger partial charge on any atom is 0.224 e. The van der Waals surface area contributed by atoms with E-state index in [-0.39, 0.29) is 17.9 Å². The molecule has 0 bridgehead atoms. The molecule has 1 rings (SSSR count). The number of amides is 1. The van der Waals surface area contributed by atoms with Gasteiger partial charge in [0, 0.05) is 18.5 Å². The van der Waals surface area contributed by atoms with Crippen LogP contribution in [0.15, 0.2) is 24.3 Å². The predicted octanol–water partition coefficient (Wildman–Crippen LogP) is 1.99. The van der Waals surface area contributed by atoms with Crippen LogP contribution in [0.1, 0.15) is 26.3 Å². The highest BCUT2D eigenvalue weighted by Gasteiger charge is 2.15. The largest absolute Gasteiger partial charge is 0.496 e. The third kappa shape index (κ3) is 5.21. The molecule has 0 aliphatic heterocycles. The van der Waals surface area contributed by atoms with Gasteiger partial charge in [0.2, 0.25) is 5.91 Å². The zero-order valence-corrected chi connectivity index (χ0v) is 12.9. The predicted molar refractivity (Wildman–Crippen MR) is 82.0 cm³/mol. The van der Waals surface area contributed by atoms with Crippen LogP contribution in [-0.4, -0.2) is 32.1 Å². The van der Waals surface area contributed by atoms with Crippen LogP contribution in [0, 0.1) is 5.92 Å². The molecule has 0 spiro atoms. The molecule has 112 valence electrons. The summed E-state index contributed by atoms with van der Waals surface area (Å²) in [6.07, 6.45) is 0.768. The van der Waals surface area contributed by atoms with Gasteiger partial charge in [-0.25, -0.2) is 0 Å². The molecule has 2 atom stereocenters. The average Bonchev–Trinajstić information content (AvgIpc) is 2.45. The van der Waals surface area contributed by atoms with Crippen LogP contribution in [0.3, 0.4) is 0 Å². The van der Waals surface area contributed by atoms with Crippen LogP contribution >= 0.6 is 0 Å². The second-order valence-electron chi connectivity index (χ2n) is 5.13. The van der Waals surface area contributed by atoms with Crippen molar-refractivity contribution in [1.82, 2.24) is 10.6 Å². The van der Waals surface area contributed by atoms with Crippen molar-refractivity contribution in [1.29, 1.82) is 0 Å². The number of nitrogens with one attached hydrogen (secondary N) is 2. The van der Waals surface area contributed by atoms with Crippen molar-refractivity contribution < 1.29 is 9.53 Å². The maximum atomic E-state index is 12.0. The van der Waals surface area contributed by atoms with E-state index in [0.717, 1.165) is 24.3 Å². The quantitative estimate of drug-likeness (QED) is 0.764. The molecule has 1 aromatic rings. The number of carbonyl (C=O) groups is 1. The zero-order chi connectivity index (χ0) is 15.0. The van der Waals surface area contributed by atoms with Crippen LogP contribution in [0.25, 0.3) is 0 Å². The summed E-state index contributed by atoms with van der Waals surface area (Å²) in [4.78, 5) is 12.0. The minimum absolute atomic E-state index is 0.0185. The van der Waals surface area contributed by atoms with Crippen molar-refractivity contribution in [2.75, 3.05) is 20.2 Å². The molecule has 4 nitrogen and oxygen atoms in total. The Morgan fingerprint density at radius 1 is 1.30 bits per heavy atom. The second kappa shape index (κ2) is 8.59. The van der Waals surface area contributed by atoms with Gasteiger partial charge in [0.15, 0.2) is 0 Å². The minimum Gasteiger partial charge on any atom is -0.496 e. The zero-order valence-electron chi connectivity index (χ0n) is 12.9. The number of hydrogen-bond acceptors (Lipinski definition) is 3. The van der Waals surface area contributed by atoms with Crippen molar-refractivity contribution in [3.05, 3.63) is 29.8 Å². The Labute approximate surface area is 121 Å². The summed E-state index contributed by atoms with van der Waals surface area (Å²) in [6.45, 7) is 7.59. The van der Waals surface area contributed by atoms with Gasteiger partial charge in [-0.2, -0.15) is 0 Å². The van der Waals surface area contributed by atoms with Gasteiger partial charge in [-0.05, 0) is 31.5 Å². The molecule has 0 heterocycles. The van der Waals surface area contributed by atoms with Gasteiger partial charge in [-0.1, -0.05) is 32.0 Å². The smallest absolute Gasteiger partial charge is 0.224 e. The van der Waals surface area contributed by atoms with E-state index in [2.05, 4.69) is 10.6 Å². The molecular weight excluding hydrogens is 252 g/mol. The monoisotopic (exact) mass is 278 g/mol. The molecule has 0 fully saturated rings. The molecule has 0 saturated heterocycles. The summed E-state index contributed by atoms with van der Waals surface area (Å²) in [5, 5.41) is 6.24. The molecule has 2 unspecified atom stereocenters. The molecule has 0 aliphatic carbocycles. The Kier molecular flexibility index (Phi) is 7.09. The van der Waals surface area contributed by atoms with E-state index in [9.17, 15) is 4.79 Å². The molecule has 0 saturated carbocycles. The average molecular weight is 278 g/mol. The van der Waals surface area contributed by atoms with Gasteiger partial charge in [0.25, 0.3) is 0 Å². The summed E-state index contributed by atoms with van der Waals surface area (Å²) in [7, 11) is 1.67. The van der Waals surface area contributed by atoms with E-state index < -0.39 is 0 Å². The SMILES string of the molecule is CCNCC(C)C(=O)NC(C)Cc1ccccc1OC. The van der Waals surface area contributed by atoms with Crippen LogP contribution < -0.4 is 15.4 Å². The van der Waals surface area contributed by atoms with E-state index in [0.29, 0.717) is 6.54 Å². The minimum atomic E-state index is -0.0185. The summed E-state index contributed by atoms with van der Waals surface area (Å²) in [5.41, 5.74) is 1.11. The highest BCUT2D eigenvalue weighted by atomic mass is 16.5. The first-order chi connectivity index (χ1) is 9.58. The Morgan fingerprint density at radius 3 is 2.65 bits per heavy atom. The fourth-order valence-corrected chi connectivity index (χ4v) is 2.09. The highest BCUT2D eigenvalue weighted by molar-refractivity contribution is 5.78. The summed E-state index contributed by atoms with van der Waals surface area (Å²) in [5.74, 6) is 0.942. The summed E-state index contributed by atoms with van der Waals surface area (Å²) in [6, 6.07) is 7.99. The molecular formula is C16H26N2O2. The van der Waals surface area contributed by atoms with E-state index in [4.69, 9.17) is 4.74 Å². The van der Waals surface area contributed by atoms with E-state index in [1.165, 1.54) is 0 Å². The van der Waals surface area contributed by atoms with Gasteiger partial charge in [0.1, 0.15) is 5.75 Å². The van der Waals surface area contributed by atoms with Gasteiger partial charge in [-0.15, -0.1) is 0 Å². The van der Waals surface area contributed by atoms with Crippen molar-refractivity contribution in [3.63, 3.8) is 0 Å². The number of hydrogen-bond donors (Lipinski definition) is 2. The standard InChI is InChI=1S/C16H26N2O2/c1-5-17-11-12(2)16(19)18-13(3)10-14-8-6-7-9-15(14)20-4/h6-9,12-13,17H,5,10-11H2,1-4H3,(H,18,19). The number of ether oxygens (including phenoxy) is 1. The first kappa shape index (κ1) is 16.5. The van der Waals surface area contributed by atoms with Gasteiger partial charge < -0.3 is 15.4 Å². The fraction of sp³-hybridized carbons (Fsp3) is 0.562. The number of benzene rings is 1. The first-order valence-corrected chi connectivity index (χ1v) is 7.21. The van der Waals surface area contributed by atoms with E-state index >= 15 is 0 Å². The molecule has 4 heteroatoms. The summed E-state index contributed by atoms with van der Waals surface area (Å²) >= 11 is 0. The third-order valence-electron chi connectivity index (χ3n) is 3.26. The van der Waals surface area contributed by atoms with Gasteiger partial charge in [-0.3, -0.25) is 4.79 Å². The Bertz CT molecular complexity index is 421. The van der Waals surface area contributed by atoms with Crippen LogP contribution in [0.2, 0.25) is 0 Å². The second-order valence-corrected chi connectivity index (χ2v) is 5.13. The lowest BCUT2D eigenvalue weighted by Crippen LogP contribution is -2.40. The van der Waals surface area contributed by atoms with Crippen molar-refractivity contribution in [2.24, 2.45) is 5.92 Å². The number of carbonyl (C=O) groups excluding carboxylic acids is 1. The lowest BCUT2D eigenvalue weighted by Gasteiger charge is -2.19. The molecule has 0 radical (unpaired) electrons. The molecule has 0 aromatic heterocycles. The van der Waals surface area contributed by atoms with Crippen molar-refractivity contribution in [3.8, 4) is 5.75 Å². The molecule has 2 N–H and O–H groups in total. The molecule has 0 aliphatic rings. The number of rotatable bonds is 8. The fourth-order valence-electron chi connectivity index (χ4n) is 2.09. The van der Waals surface area contributed by atoms with E-state index in [1.54, 1.807) is 7.11 Å². The first-order valence-electron chi connectivity index (χ1n) is 7.21. The van der Waals surface area contributed by atoms with E-state index in [1.807, 2.05) is 45.0 Å². The Morgan fingerprint density at radius 2 is 2.00 bits per heavy atom. The van der Waals surface area contributed by atoms with Crippen LogP contribution in [0.4, 0.5) is 0 Å². The number of methoxy groups -OCH3 is 1. The summed E-state index contributed by atoms with van der Waals surface area (Å²) < 4.78 is 5.33. The molecule has 20 heavy (non-hydrogen) atoms. The van der Waals surface area contributed by atoms with Gasteiger partial charge >= 0.3 is 0 Å². The van der Waals surface area contributed by atoms with Crippen LogP contribution in [0.5, 0.6) is 5.75 Å². The van der Waals surface area contributed by atoms with Crippen molar-refractivity contribution in [2.45, 2.75) is 33.2 Å². The third-order valence-corrected chi connectivity index (χ3v) is 3.26. The highest BCUT2D eigenvalue weighted by Crippen LogP contribution is 2.18. The molecule has 1 aromatic carbocycles. The van der Waals surface area contributed by atoms with Gasteiger partial charge in [0.05, 0.1) is 7.11 Å². The maximum absolute atomic E-state index is 12.0. The Hall–Kier alpha value is -1.55. The van der Waals surface area contributed by atoms with Crippen molar-refractivity contribution >= 4 is 5.91 Å².